The summed E-state index contributed by atoms with van der Waals surface area (Å²) in [6.07, 6.45) is 2.92. The predicted molar refractivity (Wildman–Crippen MR) is 50.8 cm³/mol. The third-order valence-electron chi connectivity index (χ3n) is 2.55. The third kappa shape index (κ3) is 3.77. The number of hydrogen-bond donors (Lipinski definition) is 3. The minimum absolute atomic E-state index is 0.353. The topological polar surface area (TPSA) is 52.5 Å². The molecule has 0 saturated heterocycles. The van der Waals surface area contributed by atoms with E-state index in [9.17, 15) is 0 Å². The maximum atomic E-state index is 8.55. The van der Waals surface area contributed by atoms with E-state index in [0.717, 1.165) is 25.7 Å². The zero-order chi connectivity index (χ0) is 9.68. The Morgan fingerprint density at radius 3 is 2.31 bits per heavy atom. The Balaban J connectivity index is 2.30. The van der Waals surface area contributed by atoms with Crippen LogP contribution in [-0.2, 0) is 0 Å². The maximum absolute atomic E-state index is 8.55. The molecule has 1 aliphatic carbocycles. The second-order valence-electron chi connectivity index (χ2n) is 3.50. The van der Waals surface area contributed by atoms with Crippen LogP contribution in [0, 0.1) is 17.8 Å². The standard InChI is InChI=1S/C10H17NO2/c1-11-9-5-2-8(3-6-9)4-7-10(12)13/h8-13H,2-3,5-6H2,1H3. The highest BCUT2D eigenvalue weighted by molar-refractivity contribution is 5.06. The first-order valence-corrected chi connectivity index (χ1v) is 4.77. The predicted octanol–water partition coefficient (Wildman–Crippen LogP) is 0.0787. The van der Waals surface area contributed by atoms with Crippen molar-refractivity contribution in [3.05, 3.63) is 0 Å². The van der Waals surface area contributed by atoms with Gasteiger partial charge in [-0.15, -0.1) is 0 Å². The van der Waals surface area contributed by atoms with Gasteiger partial charge >= 0.3 is 0 Å². The second kappa shape index (κ2) is 5.23. The number of aliphatic hydroxyl groups excluding tert-OH is 1. The van der Waals surface area contributed by atoms with E-state index in [1.807, 2.05) is 7.05 Å². The highest BCUT2D eigenvalue weighted by atomic mass is 16.5. The Hall–Kier alpha value is -0.560. The minimum atomic E-state index is -1.47. The summed E-state index contributed by atoms with van der Waals surface area (Å²) in [4.78, 5) is 0. The molecule has 0 radical (unpaired) electrons. The summed E-state index contributed by atoms with van der Waals surface area (Å²) in [6, 6.07) is 0.622. The van der Waals surface area contributed by atoms with Crippen LogP contribution in [0.5, 0.6) is 0 Å². The van der Waals surface area contributed by atoms with Crippen molar-refractivity contribution in [3.8, 4) is 11.8 Å². The van der Waals surface area contributed by atoms with Gasteiger partial charge in [0.05, 0.1) is 0 Å². The van der Waals surface area contributed by atoms with Crippen molar-refractivity contribution in [2.75, 3.05) is 7.05 Å². The molecule has 3 nitrogen and oxygen atoms in total. The molecule has 1 rings (SSSR count). The fourth-order valence-electron chi connectivity index (χ4n) is 1.72. The first kappa shape index (κ1) is 10.5. The molecule has 1 saturated carbocycles. The zero-order valence-corrected chi connectivity index (χ0v) is 7.95. The van der Waals surface area contributed by atoms with Crippen LogP contribution in [0.3, 0.4) is 0 Å². The fourth-order valence-corrected chi connectivity index (χ4v) is 1.72. The summed E-state index contributed by atoms with van der Waals surface area (Å²) in [5, 5.41) is 20.3. The van der Waals surface area contributed by atoms with Gasteiger partial charge in [-0.05, 0) is 38.7 Å². The monoisotopic (exact) mass is 183 g/mol. The minimum Gasteiger partial charge on any atom is -0.358 e. The molecule has 0 aromatic rings. The van der Waals surface area contributed by atoms with Crippen LogP contribution in [0.15, 0.2) is 0 Å². The second-order valence-corrected chi connectivity index (χ2v) is 3.50. The molecular formula is C10H17NO2. The molecule has 0 unspecified atom stereocenters. The van der Waals surface area contributed by atoms with Crippen molar-refractivity contribution in [3.63, 3.8) is 0 Å². The Labute approximate surface area is 79.2 Å². The summed E-state index contributed by atoms with van der Waals surface area (Å²) >= 11 is 0. The molecule has 0 bridgehead atoms. The molecular weight excluding hydrogens is 166 g/mol. The van der Waals surface area contributed by atoms with Crippen molar-refractivity contribution < 1.29 is 10.2 Å². The maximum Gasteiger partial charge on any atom is 0.217 e. The van der Waals surface area contributed by atoms with Gasteiger partial charge in [0.15, 0.2) is 0 Å². The van der Waals surface area contributed by atoms with E-state index in [1.54, 1.807) is 0 Å². The molecule has 0 heterocycles. The van der Waals surface area contributed by atoms with Gasteiger partial charge in [0.1, 0.15) is 0 Å². The molecule has 74 valence electrons. The molecule has 1 fully saturated rings. The normalized spacial score (nSPS) is 28.3. The molecule has 0 amide bonds. The number of aliphatic hydroxyl groups is 2. The molecule has 0 aromatic heterocycles. The molecule has 13 heavy (non-hydrogen) atoms. The zero-order valence-electron chi connectivity index (χ0n) is 7.95. The van der Waals surface area contributed by atoms with Crippen molar-refractivity contribution in [1.29, 1.82) is 0 Å². The molecule has 0 atom stereocenters. The van der Waals surface area contributed by atoms with Gasteiger partial charge in [-0.2, -0.15) is 0 Å². The Kier molecular flexibility index (Phi) is 4.23. The van der Waals surface area contributed by atoms with E-state index in [-0.39, 0.29) is 0 Å². The number of rotatable bonds is 1. The van der Waals surface area contributed by atoms with Crippen LogP contribution in [-0.4, -0.2) is 29.6 Å². The van der Waals surface area contributed by atoms with Crippen molar-refractivity contribution >= 4 is 0 Å². The van der Waals surface area contributed by atoms with Crippen molar-refractivity contribution in [1.82, 2.24) is 5.32 Å². The van der Waals surface area contributed by atoms with Crippen LogP contribution in [0.2, 0.25) is 0 Å². The lowest BCUT2D eigenvalue weighted by atomic mass is 9.86. The highest BCUT2D eigenvalue weighted by Gasteiger charge is 2.17. The van der Waals surface area contributed by atoms with Crippen LogP contribution in [0.4, 0.5) is 0 Å². The average Bonchev–Trinajstić information content (AvgIpc) is 2.15. The van der Waals surface area contributed by atoms with Gasteiger partial charge in [-0.25, -0.2) is 0 Å². The lowest BCUT2D eigenvalue weighted by Crippen LogP contribution is -2.29. The Morgan fingerprint density at radius 1 is 1.23 bits per heavy atom. The summed E-state index contributed by atoms with van der Waals surface area (Å²) in [5.41, 5.74) is 0. The highest BCUT2D eigenvalue weighted by Crippen LogP contribution is 2.23. The molecule has 1 aliphatic rings. The fraction of sp³-hybridized carbons (Fsp3) is 0.800. The van der Waals surface area contributed by atoms with E-state index in [2.05, 4.69) is 17.2 Å². The number of hydrogen-bond acceptors (Lipinski definition) is 3. The van der Waals surface area contributed by atoms with Gasteiger partial charge in [-0.1, -0.05) is 5.92 Å². The van der Waals surface area contributed by atoms with Crippen LogP contribution in [0.1, 0.15) is 25.7 Å². The lowest BCUT2D eigenvalue weighted by Gasteiger charge is -2.24. The van der Waals surface area contributed by atoms with Gasteiger partial charge in [-0.3, -0.25) is 0 Å². The van der Waals surface area contributed by atoms with Crippen LogP contribution >= 0.6 is 0 Å². The summed E-state index contributed by atoms with van der Waals surface area (Å²) in [6.45, 7) is 0. The van der Waals surface area contributed by atoms with Crippen LogP contribution in [0.25, 0.3) is 0 Å². The summed E-state index contributed by atoms with van der Waals surface area (Å²) in [5.74, 6) is 5.63. The van der Waals surface area contributed by atoms with E-state index in [4.69, 9.17) is 10.2 Å². The summed E-state index contributed by atoms with van der Waals surface area (Å²) in [7, 11) is 1.98. The van der Waals surface area contributed by atoms with Crippen molar-refractivity contribution in [2.24, 2.45) is 5.92 Å². The molecule has 0 aromatic carbocycles. The Bertz CT molecular complexity index is 197. The first-order valence-electron chi connectivity index (χ1n) is 4.77. The molecule has 3 heteroatoms. The largest absolute Gasteiger partial charge is 0.358 e. The van der Waals surface area contributed by atoms with E-state index >= 15 is 0 Å². The van der Waals surface area contributed by atoms with Gasteiger partial charge in [0.2, 0.25) is 6.29 Å². The van der Waals surface area contributed by atoms with Crippen molar-refractivity contribution in [2.45, 2.75) is 38.0 Å². The summed E-state index contributed by atoms with van der Waals surface area (Å²) < 4.78 is 0. The SMILES string of the molecule is CNC1CCC(C#CC(O)O)CC1. The smallest absolute Gasteiger partial charge is 0.217 e. The molecule has 0 aliphatic heterocycles. The first-order chi connectivity index (χ1) is 6.22. The Morgan fingerprint density at radius 2 is 1.85 bits per heavy atom. The average molecular weight is 183 g/mol. The molecule has 0 spiro atoms. The quantitative estimate of drug-likeness (QED) is 0.398. The van der Waals surface area contributed by atoms with Gasteiger partial charge in [0, 0.05) is 12.0 Å². The van der Waals surface area contributed by atoms with E-state index in [1.165, 1.54) is 0 Å². The number of nitrogens with one attached hydrogen (secondary N) is 1. The van der Waals surface area contributed by atoms with Crippen LogP contribution < -0.4 is 5.32 Å². The van der Waals surface area contributed by atoms with Gasteiger partial charge in [0.25, 0.3) is 0 Å². The molecule has 3 N–H and O–H groups in total. The third-order valence-corrected chi connectivity index (χ3v) is 2.55. The van der Waals surface area contributed by atoms with E-state index < -0.39 is 6.29 Å². The van der Waals surface area contributed by atoms with Gasteiger partial charge < -0.3 is 15.5 Å². The lowest BCUT2D eigenvalue weighted by molar-refractivity contribution is 0.0106. The van der Waals surface area contributed by atoms with E-state index in [0.29, 0.717) is 12.0 Å².